The molecule has 0 atom stereocenters. The molecule has 3 nitrogen and oxygen atoms in total. The highest BCUT2D eigenvalue weighted by atomic mass is 15.0. The van der Waals surface area contributed by atoms with Gasteiger partial charge in [-0.2, -0.15) is 0 Å². The second kappa shape index (κ2) is 11.5. The van der Waals surface area contributed by atoms with Crippen molar-refractivity contribution in [2.24, 2.45) is 0 Å². The highest BCUT2D eigenvalue weighted by molar-refractivity contribution is 6.03. The third kappa shape index (κ3) is 5.03. The largest absolute Gasteiger partial charge is 0.208 e. The highest BCUT2D eigenvalue weighted by Crippen LogP contribution is 2.52. The fourth-order valence-corrected chi connectivity index (χ4v) is 7.31. The van der Waals surface area contributed by atoms with E-state index < -0.39 is 0 Å². The summed E-state index contributed by atoms with van der Waals surface area (Å²) in [6.07, 6.45) is 0. The van der Waals surface area contributed by atoms with Crippen LogP contribution in [0.1, 0.15) is 25.0 Å². The molecule has 7 aromatic carbocycles. The van der Waals surface area contributed by atoms with Gasteiger partial charge in [-0.15, -0.1) is 0 Å². The summed E-state index contributed by atoms with van der Waals surface area (Å²) in [4.78, 5) is 14.9. The third-order valence-electron chi connectivity index (χ3n) is 9.96. The Morgan fingerprint density at radius 2 is 0.796 bits per heavy atom. The van der Waals surface area contributed by atoms with Crippen LogP contribution in [0.3, 0.4) is 0 Å². The van der Waals surface area contributed by atoms with E-state index in [2.05, 4.69) is 141 Å². The lowest BCUT2D eigenvalue weighted by Gasteiger charge is -2.21. The quantitative estimate of drug-likeness (QED) is 0.191. The van der Waals surface area contributed by atoms with Gasteiger partial charge < -0.3 is 0 Å². The van der Waals surface area contributed by atoms with Crippen molar-refractivity contribution in [1.82, 2.24) is 15.0 Å². The average Bonchev–Trinajstić information content (AvgIpc) is 3.41. The van der Waals surface area contributed by atoms with Crippen molar-refractivity contribution in [3.63, 3.8) is 0 Å². The van der Waals surface area contributed by atoms with Crippen LogP contribution in [0, 0.1) is 0 Å². The minimum Gasteiger partial charge on any atom is -0.208 e. The molecule has 0 bridgehead atoms. The Kier molecular flexibility index (Phi) is 6.80. The van der Waals surface area contributed by atoms with Crippen LogP contribution < -0.4 is 0 Å². The Balaban J connectivity index is 1.10. The fraction of sp³-hybridized carbons (Fsp3) is 0.0652. The molecule has 0 unspecified atom stereocenters. The van der Waals surface area contributed by atoms with Crippen LogP contribution in [-0.4, -0.2) is 15.0 Å². The summed E-state index contributed by atoms with van der Waals surface area (Å²) < 4.78 is 0. The summed E-state index contributed by atoms with van der Waals surface area (Å²) in [5.41, 5.74) is 13.0. The van der Waals surface area contributed by atoms with E-state index in [4.69, 9.17) is 15.0 Å². The zero-order valence-electron chi connectivity index (χ0n) is 27.4. The van der Waals surface area contributed by atoms with E-state index in [-0.39, 0.29) is 5.41 Å². The smallest absolute Gasteiger partial charge is 0.164 e. The first-order chi connectivity index (χ1) is 24.0. The monoisotopic (exact) mass is 627 g/mol. The van der Waals surface area contributed by atoms with Crippen molar-refractivity contribution in [3.8, 4) is 67.5 Å². The maximum absolute atomic E-state index is 5.00. The number of fused-ring (bicyclic) bond motifs is 5. The van der Waals surface area contributed by atoms with Gasteiger partial charge in [0, 0.05) is 22.1 Å². The number of rotatable bonds is 5. The Morgan fingerprint density at radius 1 is 0.367 bits per heavy atom. The molecule has 3 heteroatoms. The van der Waals surface area contributed by atoms with Crippen molar-refractivity contribution in [1.29, 1.82) is 0 Å². The molecule has 0 spiro atoms. The molecule has 0 fully saturated rings. The topological polar surface area (TPSA) is 38.7 Å². The van der Waals surface area contributed by atoms with E-state index in [0.29, 0.717) is 17.5 Å². The molecule has 0 radical (unpaired) electrons. The van der Waals surface area contributed by atoms with Crippen molar-refractivity contribution in [2.45, 2.75) is 19.3 Å². The first kappa shape index (κ1) is 29.0. The van der Waals surface area contributed by atoms with Crippen LogP contribution in [-0.2, 0) is 5.41 Å². The van der Waals surface area contributed by atoms with Gasteiger partial charge >= 0.3 is 0 Å². The molecule has 0 aliphatic heterocycles. The van der Waals surface area contributed by atoms with Gasteiger partial charge in [0.2, 0.25) is 0 Å². The summed E-state index contributed by atoms with van der Waals surface area (Å²) in [6.45, 7) is 4.68. The third-order valence-corrected chi connectivity index (χ3v) is 9.96. The van der Waals surface area contributed by atoms with Gasteiger partial charge in [0.05, 0.1) is 0 Å². The predicted octanol–water partition coefficient (Wildman–Crippen LogP) is 11.7. The maximum atomic E-state index is 5.00. The number of aromatic nitrogens is 3. The van der Waals surface area contributed by atoms with Gasteiger partial charge in [0.25, 0.3) is 0 Å². The molecule has 1 aromatic heterocycles. The normalized spacial score (nSPS) is 12.9. The molecule has 1 heterocycles. The summed E-state index contributed by atoms with van der Waals surface area (Å²) >= 11 is 0. The Bertz CT molecular complexity index is 2480. The van der Waals surface area contributed by atoms with E-state index >= 15 is 0 Å². The highest BCUT2D eigenvalue weighted by Gasteiger charge is 2.36. The first-order valence-electron chi connectivity index (χ1n) is 16.8. The molecule has 0 saturated heterocycles. The molecule has 49 heavy (non-hydrogen) atoms. The fourth-order valence-electron chi connectivity index (χ4n) is 7.31. The van der Waals surface area contributed by atoms with Gasteiger partial charge in [-0.25, -0.2) is 15.0 Å². The Morgan fingerprint density at radius 3 is 1.41 bits per heavy atom. The SMILES string of the molecule is CC1(C)c2ccc(-c3ccc(-c4nc(-c5ccccc5)nc(-c5ccc(-c6ccccc6)cc5)n4)cc3)cc2-c2c1ccc1ccccc21. The van der Waals surface area contributed by atoms with Crippen LogP contribution in [0.2, 0.25) is 0 Å². The van der Waals surface area contributed by atoms with E-state index in [9.17, 15) is 0 Å². The van der Waals surface area contributed by atoms with E-state index in [0.717, 1.165) is 27.8 Å². The van der Waals surface area contributed by atoms with Crippen LogP contribution in [0.15, 0.2) is 164 Å². The summed E-state index contributed by atoms with van der Waals surface area (Å²) in [6, 6.07) is 57.8. The predicted molar refractivity (Wildman–Crippen MR) is 202 cm³/mol. The average molecular weight is 628 g/mol. The van der Waals surface area contributed by atoms with Gasteiger partial charge in [0.1, 0.15) is 0 Å². The number of nitrogens with zero attached hydrogens (tertiary/aromatic N) is 3. The van der Waals surface area contributed by atoms with Crippen LogP contribution in [0.4, 0.5) is 0 Å². The Labute approximate surface area is 286 Å². The molecule has 1 aliphatic carbocycles. The maximum Gasteiger partial charge on any atom is 0.164 e. The van der Waals surface area contributed by atoms with E-state index in [1.807, 2.05) is 36.4 Å². The number of benzene rings is 7. The summed E-state index contributed by atoms with van der Waals surface area (Å²) in [5, 5.41) is 2.59. The van der Waals surface area contributed by atoms with Gasteiger partial charge in [-0.3, -0.25) is 0 Å². The molecule has 0 amide bonds. The zero-order chi connectivity index (χ0) is 33.0. The van der Waals surface area contributed by atoms with E-state index in [1.165, 1.54) is 44.2 Å². The van der Waals surface area contributed by atoms with Gasteiger partial charge in [-0.05, 0) is 61.3 Å². The standard InChI is InChI=1S/C46H33N3/c1-46(2)40-27-26-37(29-39(40)42-38-16-10-9-13-33(38)25-28-41(42)46)32-19-23-36(24-20-32)45-48-43(34-14-7-4-8-15-34)47-44(49-45)35-21-17-31(18-22-35)30-11-5-3-6-12-30/h3-29H,1-2H3. The van der Waals surface area contributed by atoms with Crippen LogP contribution in [0.25, 0.3) is 78.3 Å². The minimum atomic E-state index is -0.0498. The van der Waals surface area contributed by atoms with Crippen molar-refractivity contribution in [3.05, 3.63) is 175 Å². The zero-order valence-corrected chi connectivity index (χ0v) is 27.4. The number of hydrogen-bond donors (Lipinski definition) is 0. The molecule has 0 saturated carbocycles. The van der Waals surface area contributed by atoms with Crippen molar-refractivity contribution < 1.29 is 0 Å². The lowest BCUT2D eigenvalue weighted by Crippen LogP contribution is -2.14. The molecule has 8 aromatic rings. The summed E-state index contributed by atoms with van der Waals surface area (Å²) in [7, 11) is 0. The van der Waals surface area contributed by atoms with Crippen LogP contribution >= 0.6 is 0 Å². The molecule has 1 aliphatic rings. The van der Waals surface area contributed by atoms with Gasteiger partial charge in [-0.1, -0.05) is 172 Å². The van der Waals surface area contributed by atoms with Crippen molar-refractivity contribution >= 4 is 10.8 Å². The molecular formula is C46H33N3. The van der Waals surface area contributed by atoms with Gasteiger partial charge in [0.15, 0.2) is 17.5 Å². The second-order valence-corrected chi connectivity index (χ2v) is 13.3. The molecule has 232 valence electrons. The minimum absolute atomic E-state index is 0.0498. The molecular weight excluding hydrogens is 595 g/mol. The molecule has 0 N–H and O–H groups in total. The summed E-state index contributed by atoms with van der Waals surface area (Å²) in [5.74, 6) is 1.96. The number of hydrogen-bond acceptors (Lipinski definition) is 3. The Hall–Kier alpha value is -6.19. The van der Waals surface area contributed by atoms with Crippen LogP contribution in [0.5, 0.6) is 0 Å². The lowest BCUT2D eigenvalue weighted by molar-refractivity contribution is 0.661. The molecule has 9 rings (SSSR count). The second-order valence-electron chi connectivity index (χ2n) is 13.3. The lowest BCUT2D eigenvalue weighted by atomic mass is 9.82. The van der Waals surface area contributed by atoms with Crippen molar-refractivity contribution in [2.75, 3.05) is 0 Å². The first-order valence-corrected chi connectivity index (χ1v) is 16.8. The van der Waals surface area contributed by atoms with E-state index in [1.54, 1.807) is 0 Å².